The highest BCUT2D eigenvalue weighted by molar-refractivity contribution is 5.00. The third-order valence-corrected chi connectivity index (χ3v) is 1.63. The molecule has 0 heterocycles. The van der Waals surface area contributed by atoms with E-state index >= 15 is 0 Å². The molecular formula is C8H13. The normalized spacial score (nSPS) is 19.4. The first-order valence-corrected chi connectivity index (χ1v) is 3.52. The summed E-state index contributed by atoms with van der Waals surface area (Å²) in [6.07, 6.45) is 9.93. The van der Waals surface area contributed by atoms with E-state index in [0.29, 0.717) is 0 Å². The van der Waals surface area contributed by atoms with E-state index in [1.165, 1.54) is 25.7 Å². The van der Waals surface area contributed by atoms with Gasteiger partial charge in [0.05, 0.1) is 0 Å². The van der Waals surface area contributed by atoms with E-state index in [2.05, 4.69) is 13.0 Å². The van der Waals surface area contributed by atoms with Crippen LogP contribution < -0.4 is 0 Å². The van der Waals surface area contributed by atoms with Crippen molar-refractivity contribution in [1.29, 1.82) is 0 Å². The van der Waals surface area contributed by atoms with Gasteiger partial charge in [-0.2, -0.15) is 0 Å². The third-order valence-electron chi connectivity index (χ3n) is 1.63. The summed E-state index contributed by atoms with van der Waals surface area (Å²) in [6, 6.07) is 0. The lowest BCUT2D eigenvalue weighted by Crippen LogP contribution is -1.69. The molecule has 0 aromatic rings. The van der Waals surface area contributed by atoms with Crippen molar-refractivity contribution in [2.75, 3.05) is 0 Å². The molecular weight excluding hydrogens is 96.1 g/mol. The van der Waals surface area contributed by atoms with E-state index in [-0.39, 0.29) is 0 Å². The van der Waals surface area contributed by atoms with Crippen molar-refractivity contribution in [3.63, 3.8) is 0 Å². The SMILES string of the molecule is CC[C]=C1CCCC1. The summed E-state index contributed by atoms with van der Waals surface area (Å²) in [5.74, 6) is 0. The van der Waals surface area contributed by atoms with Crippen LogP contribution in [0.4, 0.5) is 0 Å². The minimum Gasteiger partial charge on any atom is -0.0667 e. The zero-order valence-electron chi connectivity index (χ0n) is 5.54. The summed E-state index contributed by atoms with van der Waals surface area (Å²) in [7, 11) is 0. The maximum Gasteiger partial charge on any atom is -0.0305 e. The van der Waals surface area contributed by atoms with Crippen LogP contribution in [0.1, 0.15) is 39.0 Å². The second-order valence-corrected chi connectivity index (χ2v) is 2.34. The molecule has 0 atom stereocenters. The van der Waals surface area contributed by atoms with Gasteiger partial charge in [-0.3, -0.25) is 0 Å². The lowest BCUT2D eigenvalue weighted by molar-refractivity contribution is 0.886. The summed E-state index contributed by atoms with van der Waals surface area (Å²) in [4.78, 5) is 0. The van der Waals surface area contributed by atoms with E-state index in [1.54, 1.807) is 5.57 Å². The largest absolute Gasteiger partial charge is 0.0667 e. The molecule has 0 saturated heterocycles. The van der Waals surface area contributed by atoms with Crippen LogP contribution in [0.25, 0.3) is 0 Å². The fraction of sp³-hybridized carbons (Fsp3) is 0.750. The Morgan fingerprint density at radius 3 is 2.50 bits per heavy atom. The fourth-order valence-electron chi connectivity index (χ4n) is 1.23. The monoisotopic (exact) mass is 109 g/mol. The molecule has 1 aliphatic rings. The van der Waals surface area contributed by atoms with Gasteiger partial charge in [0, 0.05) is 0 Å². The molecule has 8 heavy (non-hydrogen) atoms. The van der Waals surface area contributed by atoms with Gasteiger partial charge in [-0.05, 0) is 38.2 Å². The highest BCUT2D eigenvalue weighted by Crippen LogP contribution is 2.23. The third kappa shape index (κ3) is 1.36. The average Bonchev–Trinajstić information content (AvgIpc) is 2.19. The van der Waals surface area contributed by atoms with Crippen LogP contribution in [0.3, 0.4) is 0 Å². The maximum absolute atomic E-state index is 3.36. The second-order valence-electron chi connectivity index (χ2n) is 2.34. The van der Waals surface area contributed by atoms with Gasteiger partial charge in [0.2, 0.25) is 0 Å². The first-order valence-electron chi connectivity index (χ1n) is 3.52. The first-order chi connectivity index (χ1) is 3.93. The topological polar surface area (TPSA) is 0 Å². The van der Waals surface area contributed by atoms with Gasteiger partial charge in [-0.15, -0.1) is 0 Å². The summed E-state index contributed by atoms with van der Waals surface area (Å²) in [5.41, 5.74) is 1.58. The summed E-state index contributed by atoms with van der Waals surface area (Å²) in [6.45, 7) is 2.16. The molecule has 0 amide bonds. The first kappa shape index (κ1) is 5.87. The van der Waals surface area contributed by atoms with Gasteiger partial charge >= 0.3 is 0 Å². The highest BCUT2D eigenvalue weighted by atomic mass is 14.1. The molecule has 1 radical (unpaired) electrons. The molecule has 1 rings (SSSR count). The maximum atomic E-state index is 3.36. The number of rotatable bonds is 1. The Morgan fingerprint density at radius 2 is 2.00 bits per heavy atom. The quantitative estimate of drug-likeness (QED) is 0.485. The van der Waals surface area contributed by atoms with E-state index in [0.717, 1.165) is 6.42 Å². The summed E-state index contributed by atoms with van der Waals surface area (Å²) < 4.78 is 0. The van der Waals surface area contributed by atoms with Gasteiger partial charge in [0.25, 0.3) is 0 Å². The molecule has 0 heteroatoms. The molecule has 1 saturated carbocycles. The van der Waals surface area contributed by atoms with Crippen LogP contribution in [0.5, 0.6) is 0 Å². The zero-order chi connectivity index (χ0) is 5.82. The summed E-state index contributed by atoms with van der Waals surface area (Å²) >= 11 is 0. The van der Waals surface area contributed by atoms with Crippen molar-refractivity contribution < 1.29 is 0 Å². The van der Waals surface area contributed by atoms with Crippen molar-refractivity contribution >= 4 is 0 Å². The predicted molar refractivity (Wildman–Crippen MR) is 35.5 cm³/mol. The minimum atomic E-state index is 1.11. The van der Waals surface area contributed by atoms with E-state index < -0.39 is 0 Å². The Bertz CT molecular complexity index is 82.2. The molecule has 0 bridgehead atoms. The molecule has 0 aromatic carbocycles. The highest BCUT2D eigenvalue weighted by Gasteiger charge is 2.04. The average molecular weight is 109 g/mol. The standard InChI is InChI=1S/C8H13/c1-2-5-8-6-3-4-7-8/h2-4,6-7H2,1H3. The molecule has 0 spiro atoms. The molecule has 45 valence electrons. The number of hydrogen-bond acceptors (Lipinski definition) is 0. The zero-order valence-corrected chi connectivity index (χ0v) is 5.54. The van der Waals surface area contributed by atoms with Crippen molar-refractivity contribution in [3.8, 4) is 0 Å². The predicted octanol–water partition coefficient (Wildman–Crippen LogP) is 2.70. The molecule has 0 aliphatic heterocycles. The molecule has 0 nitrogen and oxygen atoms in total. The molecule has 1 fully saturated rings. The van der Waals surface area contributed by atoms with Crippen LogP contribution >= 0.6 is 0 Å². The Kier molecular flexibility index (Phi) is 2.13. The van der Waals surface area contributed by atoms with Crippen LogP contribution in [0.2, 0.25) is 0 Å². The smallest absolute Gasteiger partial charge is 0.0305 e. The van der Waals surface area contributed by atoms with Gasteiger partial charge in [0.15, 0.2) is 0 Å². The number of allylic oxidation sites excluding steroid dienone is 2. The van der Waals surface area contributed by atoms with Crippen molar-refractivity contribution in [2.45, 2.75) is 39.0 Å². The molecule has 0 aromatic heterocycles. The Morgan fingerprint density at radius 1 is 1.38 bits per heavy atom. The lowest BCUT2D eigenvalue weighted by Gasteiger charge is -1.88. The Balaban J connectivity index is 2.33. The van der Waals surface area contributed by atoms with E-state index in [1.807, 2.05) is 0 Å². The van der Waals surface area contributed by atoms with Gasteiger partial charge < -0.3 is 0 Å². The van der Waals surface area contributed by atoms with E-state index in [9.17, 15) is 0 Å². The number of hydrogen-bond donors (Lipinski definition) is 0. The van der Waals surface area contributed by atoms with Crippen molar-refractivity contribution in [1.82, 2.24) is 0 Å². The van der Waals surface area contributed by atoms with Crippen LogP contribution in [0, 0.1) is 6.08 Å². The van der Waals surface area contributed by atoms with Crippen LogP contribution in [0.15, 0.2) is 5.57 Å². The van der Waals surface area contributed by atoms with E-state index in [4.69, 9.17) is 0 Å². The molecule has 0 N–H and O–H groups in total. The Labute approximate surface area is 51.6 Å². The van der Waals surface area contributed by atoms with Gasteiger partial charge in [-0.25, -0.2) is 0 Å². The van der Waals surface area contributed by atoms with Crippen LogP contribution in [-0.4, -0.2) is 0 Å². The molecule has 1 aliphatic carbocycles. The summed E-state index contributed by atoms with van der Waals surface area (Å²) in [5, 5.41) is 0. The Hall–Kier alpha value is -0.260. The fourth-order valence-corrected chi connectivity index (χ4v) is 1.23. The van der Waals surface area contributed by atoms with Crippen molar-refractivity contribution in [2.24, 2.45) is 0 Å². The molecule has 0 unspecified atom stereocenters. The van der Waals surface area contributed by atoms with Crippen LogP contribution in [-0.2, 0) is 0 Å². The van der Waals surface area contributed by atoms with Crippen molar-refractivity contribution in [3.05, 3.63) is 11.6 Å². The van der Waals surface area contributed by atoms with Gasteiger partial charge in [-0.1, -0.05) is 12.5 Å². The lowest BCUT2D eigenvalue weighted by atomic mass is 10.2. The minimum absolute atomic E-state index is 1.11. The second kappa shape index (κ2) is 2.91. The van der Waals surface area contributed by atoms with Gasteiger partial charge in [0.1, 0.15) is 0 Å².